The highest BCUT2D eigenvalue weighted by molar-refractivity contribution is 7.92. The summed E-state index contributed by atoms with van der Waals surface area (Å²) < 4.78 is 25.3. The Labute approximate surface area is 178 Å². The maximum absolute atomic E-state index is 13.1. The summed E-state index contributed by atoms with van der Waals surface area (Å²) in [5.41, 5.74) is 2.01. The first-order valence-electron chi connectivity index (χ1n) is 10.3. The Hall–Kier alpha value is -2.67. The first-order valence-corrected chi connectivity index (χ1v) is 11.8. The molecule has 0 bridgehead atoms. The predicted octanol–water partition coefficient (Wildman–Crippen LogP) is 3.03. The summed E-state index contributed by atoms with van der Waals surface area (Å²) in [4.78, 5) is 29.2. The van der Waals surface area contributed by atoms with Gasteiger partial charge in [-0.3, -0.25) is 9.59 Å². The molecule has 1 fully saturated rings. The number of piperazine rings is 1. The van der Waals surface area contributed by atoms with Gasteiger partial charge in [0.25, 0.3) is 11.8 Å². The molecule has 0 unspecified atom stereocenters. The maximum atomic E-state index is 13.1. The molecule has 1 saturated heterocycles. The van der Waals surface area contributed by atoms with Gasteiger partial charge in [0.1, 0.15) is 0 Å². The molecule has 6 nitrogen and oxygen atoms in total. The molecular formula is C23H28N2O4S. The van der Waals surface area contributed by atoms with E-state index in [1.807, 2.05) is 24.3 Å². The van der Waals surface area contributed by atoms with Crippen LogP contribution in [0, 0.1) is 0 Å². The molecule has 7 heteroatoms. The Bertz CT molecular complexity index is 1020. The molecule has 1 heterocycles. The number of hydrogen-bond donors (Lipinski definition) is 0. The number of amides is 2. The van der Waals surface area contributed by atoms with Gasteiger partial charge in [-0.2, -0.15) is 0 Å². The van der Waals surface area contributed by atoms with E-state index in [1.54, 1.807) is 41.8 Å². The molecule has 2 amide bonds. The number of aryl methyl sites for hydroxylation is 1. The van der Waals surface area contributed by atoms with Gasteiger partial charge in [-0.15, -0.1) is 0 Å². The van der Waals surface area contributed by atoms with Crippen molar-refractivity contribution >= 4 is 21.7 Å². The summed E-state index contributed by atoms with van der Waals surface area (Å²) in [5, 5.41) is -0.611. The van der Waals surface area contributed by atoms with Gasteiger partial charge < -0.3 is 9.80 Å². The molecule has 160 valence electrons. The minimum absolute atomic E-state index is 0.0486. The average molecular weight is 429 g/mol. The lowest BCUT2D eigenvalue weighted by molar-refractivity contribution is 0.0533. The zero-order valence-electron chi connectivity index (χ0n) is 17.7. The molecule has 1 aliphatic heterocycles. The summed E-state index contributed by atoms with van der Waals surface area (Å²) in [5.74, 6) is -0.359. The van der Waals surface area contributed by atoms with E-state index in [0.717, 1.165) is 6.42 Å². The summed E-state index contributed by atoms with van der Waals surface area (Å²) in [7, 11) is -3.57. The van der Waals surface area contributed by atoms with Gasteiger partial charge >= 0.3 is 0 Å². The lowest BCUT2D eigenvalue weighted by atomic mass is 10.1. The molecule has 0 aromatic heterocycles. The van der Waals surface area contributed by atoms with Crippen molar-refractivity contribution in [1.82, 2.24) is 9.80 Å². The fourth-order valence-corrected chi connectivity index (χ4v) is 4.73. The molecule has 0 N–H and O–H groups in total. The molecular weight excluding hydrogens is 400 g/mol. The monoisotopic (exact) mass is 428 g/mol. The van der Waals surface area contributed by atoms with Gasteiger partial charge in [-0.1, -0.05) is 31.2 Å². The minimum atomic E-state index is -3.57. The predicted molar refractivity (Wildman–Crippen MR) is 116 cm³/mol. The van der Waals surface area contributed by atoms with Crippen molar-refractivity contribution in [1.29, 1.82) is 0 Å². The van der Waals surface area contributed by atoms with Crippen LogP contribution in [0.15, 0.2) is 53.4 Å². The fourth-order valence-electron chi connectivity index (χ4n) is 3.49. The highest BCUT2D eigenvalue weighted by Crippen LogP contribution is 2.22. The van der Waals surface area contributed by atoms with Gasteiger partial charge in [-0.05, 0) is 50.1 Å². The van der Waals surface area contributed by atoms with Crippen molar-refractivity contribution in [3.8, 4) is 0 Å². The van der Waals surface area contributed by atoms with E-state index < -0.39 is 15.1 Å². The van der Waals surface area contributed by atoms with Crippen molar-refractivity contribution in [3.63, 3.8) is 0 Å². The van der Waals surface area contributed by atoms with Crippen LogP contribution in [0.5, 0.6) is 0 Å². The second kappa shape index (κ2) is 9.00. The summed E-state index contributed by atoms with van der Waals surface area (Å²) in [6.45, 7) is 6.85. The lowest BCUT2D eigenvalue weighted by Crippen LogP contribution is -2.50. The number of rotatable bonds is 5. The number of hydrogen-bond acceptors (Lipinski definition) is 4. The third-order valence-corrected chi connectivity index (χ3v) is 7.72. The quantitative estimate of drug-likeness (QED) is 0.734. The molecule has 0 spiro atoms. The van der Waals surface area contributed by atoms with E-state index in [0.29, 0.717) is 31.7 Å². The van der Waals surface area contributed by atoms with E-state index in [1.165, 1.54) is 11.6 Å². The smallest absolute Gasteiger partial charge is 0.255 e. The maximum Gasteiger partial charge on any atom is 0.255 e. The van der Waals surface area contributed by atoms with Crippen LogP contribution < -0.4 is 0 Å². The van der Waals surface area contributed by atoms with Crippen LogP contribution in [0.4, 0.5) is 0 Å². The second-order valence-electron chi connectivity index (χ2n) is 7.72. The van der Waals surface area contributed by atoms with E-state index in [-0.39, 0.29) is 22.3 Å². The number of carbonyl (C=O) groups is 2. The zero-order chi connectivity index (χ0) is 21.9. The first kappa shape index (κ1) is 22.0. The highest BCUT2D eigenvalue weighted by Gasteiger charge is 2.30. The summed E-state index contributed by atoms with van der Waals surface area (Å²) >= 11 is 0. The molecule has 0 radical (unpaired) electrons. The van der Waals surface area contributed by atoms with Gasteiger partial charge in [0, 0.05) is 31.7 Å². The third kappa shape index (κ3) is 4.41. The van der Waals surface area contributed by atoms with Gasteiger partial charge in [0.2, 0.25) is 0 Å². The van der Waals surface area contributed by atoms with Crippen molar-refractivity contribution in [3.05, 3.63) is 65.2 Å². The van der Waals surface area contributed by atoms with Crippen LogP contribution >= 0.6 is 0 Å². The Morgan fingerprint density at radius 2 is 1.40 bits per heavy atom. The normalized spacial score (nSPS) is 14.8. The molecule has 0 aliphatic carbocycles. The Morgan fingerprint density at radius 3 is 1.93 bits per heavy atom. The van der Waals surface area contributed by atoms with Gasteiger partial charge in [0.15, 0.2) is 9.84 Å². The summed E-state index contributed by atoms with van der Waals surface area (Å²) in [6.07, 6.45) is 0.920. The summed E-state index contributed by atoms with van der Waals surface area (Å²) in [6, 6.07) is 13.9. The van der Waals surface area contributed by atoms with E-state index in [4.69, 9.17) is 0 Å². The molecule has 2 aromatic carbocycles. The Morgan fingerprint density at radius 1 is 0.867 bits per heavy atom. The molecule has 30 heavy (non-hydrogen) atoms. The largest absolute Gasteiger partial charge is 0.335 e. The molecule has 2 aromatic rings. The Balaban J connectivity index is 1.71. The average Bonchev–Trinajstić information content (AvgIpc) is 2.78. The van der Waals surface area contributed by atoms with Crippen LogP contribution in [0.25, 0.3) is 0 Å². The Kier molecular flexibility index (Phi) is 6.61. The molecule has 0 saturated carbocycles. The van der Waals surface area contributed by atoms with Crippen LogP contribution in [-0.4, -0.2) is 61.5 Å². The van der Waals surface area contributed by atoms with Crippen LogP contribution in [0.2, 0.25) is 0 Å². The van der Waals surface area contributed by atoms with E-state index in [9.17, 15) is 18.0 Å². The number of sulfone groups is 1. The zero-order valence-corrected chi connectivity index (χ0v) is 18.5. The highest BCUT2D eigenvalue weighted by atomic mass is 32.2. The van der Waals surface area contributed by atoms with Crippen LogP contribution in [0.1, 0.15) is 47.1 Å². The standard InChI is InChI=1S/C23H28N2O4S/c1-4-18-9-11-19(12-10-18)22(26)24-13-15-25(16-14-24)23(27)20-7-5-6-8-21(20)30(28,29)17(2)3/h5-12,17H,4,13-16H2,1-3H3. The van der Waals surface area contributed by atoms with Crippen molar-refractivity contribution in [2.24, 2.45) is 0 Å². The molecule has 3 rings (SSSR count). The first-order chi connectivity index (χ1) is 14.3. The second-order valence-corrected chi connectivity index (χ2v) is 10.2. The van der Waals surface area contributed by atoms with E-state index >= 15 is 0 Å². The SMILES string of the molecule is CCc1ccc(C(=O)N2CCN(C(=O)c3ccccc3S(=O)(=O)C(C)C)CC2)cc1. The van der Waals surface area contributed by atoms with Crippen molar-refractivity contribution in [2.45, 2.75) is 37.3 Å². The van der Waals surface area contributed by atoms with Gasteiger partial charge in [0.05, 0.1) is 15.7 Å². The molecule has 0 atom stereocenters. The van der Waals surface area contributed by atoms with Gasteiger partial charge in [-0.25, -0.2) is 8.42 Å². The lowest BCUT2D eigenvalue weighted by Gasteiger charge is -2.35. The minimum Gasteiger partial charge on any atom is -0.335 e. The third-order valence-electron chi connectivity index (χ3n) is 5.51. The number of carbonyl (C=O) groups excluding carboxylic acids is 2. The van der Waals surface area contributed by atoms with E-state index in [2.05, 4.69) is 6.92 Å². The van der Waals surface area contributed by atoms with Crippen LogP contribution in [-0.2, 0) is 16.3 Å². The van der Waals surface area contributed by atoms with Crippen LogP contribution in [0.3, 0.4) is 0 Å². The molecule has 1 aliphatic rings. The van der Waals surface area contributed by atoms with Crippen molar-refractivity contribution < 1.29 is 18.0 Å². The topological polar surface area (TPSA) is 74.8 Å². The number of nitrogens with zero attached hydrogens (tertiary/aromatic N) is 2. The fraction of sp³-hybridized carbons (Fsp3) is 0.391. The van der Waals surface area contributed by atoms with Crippen molar-refractivity contribution in [2.75, 3.05) is 26.2 Å². The number of benzene rings is 2.